The quantitative estimate of drug-likeness (QED) is 0.269. The Morgan fingerprint density at radius 2 is 2.25 bits per heavy atom. The second kappa shape index (κ2) is 7.02. The third-order valence-electron chi connectivity index (χ3n) is 1.60. The molecular formula is C10H11NO4S. The minimum Gasteiger partial charge on any atom is -0.458 e. The molecule has 0 saturated heterocycles. The Morgan fingerprint density at radius 3 is 2.94 bits per heavy atom. The molecule has 0 aliphatic heterocycles. The highest BCUT2D eigenvalue weighted by atomic mass is 32.2. The molecule has 0 aliphatic rings. The van der Waals surface area contributed by atoms with Crippen molar-refractivity contribution in [3.05, 3.63) is 42.5 Å². The van der Waals surface area contributed by atoms with E-state index in [0.29, 0.717) is 10.5 Å². The number of nitrogens with two attached hydrogens (primary N) is 1. The van der Waals surface area contributed by atoms with E-state index in [9.17, 15) is 4.79 Å². The average Bonchev–Trinajstić information content (AvgIpc) is 2.33. The normalized spacial score (nSPS) is 9.81. The van der Waals surface area contributed by atoms with Crippen LogP contribution in [0.2, 0.25) is 0 Å². The molecule has 0 atom stereocenters. The molecule has 0 unspecified atom stereocenters. The number of hydrogen-bond acceptors (Lipinski definition) is 6. The van der Waals surface area contributed by atoms with Gasteiger partial charge in [-0.3, -0.25) is 0 Å². The molecule has 0 aromatic heterocycles. The number of esters is 1. The van der Waals surface area contributed by atoms with E-state index < -0.39 is 5.97 Å². The monoisotopic (exact) mass is 241 g/mol. The zero-order valence-corrected chi connectivity index (χ0v) is 9.24. The molecule has 0 aliphatic carbocycles. The summed E-state index contributed by atoms with van der Waals surface area (Å²) in [5.74, 6) is 4.26. The summed E-state index contributed by atoms with van der Waals surface area (Å²) in [7, 11) is 0. The Balaban J connectivity index is 2.76. The summed E-state index contributed by atoms with van der Waals surface area (Å²) in [6.07, 6.45) is 1.49. The molecule has 86 valence electrons. The molecule has 1 rings (SSSR count). The number of carbonyl (C=O) groups excluding carboxylic acids is 1. The van der Waals surface area contributed by atoms with Gasteiger partial charge >= 0.3 is 5.97 Å². The Bertz CT molecular complexity index is 370. The Labute approximate surface area is 97.3 Å². The summed E-state index contributed by atoms with van der Waals surface area (Å²) in [4.78, 5) is 16.1. The molecule has 16 heavy (non-hydrogen) atoms. The first-order valence-electron chi connectivity index (χ1n) is 4.36. The molecular weight excluding hydrogens is 230 g/mol. The van der Waals surface area contributed by atoms with E-state index >= 15 is 0 Å². The Hall–Kier alpha value is -1.34. The van der Waals surface area contributed by atoms with Crippen LogP contribution in [0.3, 0.4) is 0 Å². The predicted molar refractivity (Wildman–Crippen MR) is 59.1 cm³/mol. The summed E-state index contributed by atoms with van der Waals surface area (Å²) >= 11 is 0.835. The zero-order chi connectivity index (χ0) is 11.8. The molecule has 0 heterocycles. The van der Waals surface area contributed by atoms with Crippen LogP contribution in [0.4, 0.5) is 0 Å². The van der Waals surface area contributed by atoms with Crippen molar-refractivity contribution < 1.29 is 18.9 Å². The van der Waals surface area contributed by atoms with Crippen molar-refractivity contribution in [3.63, 3.8) is 0 Å². The van der Waals surface area contributed by atoms with E-state index in [1.54, 1.807) is 24.3 Å². The van der Waals surface area contributed by atoms with Crippen LogP contribution in [0.15, 0.2) is 41.8 Å². The first-order chi connectivity index (χ1) is 7.79. The van der Waals surface area contributed by atoms with E-state index in [0.717, 1.165) is 12.0 Å². The van der Waals surface area contributed by atoms with Crippen LogP contribution in [0.25, 0.3) is 0 Å². The largest absolute Gasteiger partial charge is 0.458 e. The molecule has 0 bridgehead atoms. The molecule has 0 spiro atoms. The SMILES string of the molecule is C=CCOC(=O)c1ccccc1SOON. The third-order valence-corrected chi connectivity index (χ3v) is 2.28. The summed E-state index contributed by atoms with van der Waals surface area (Å²) in [5.41, 5.74) is 0.381. The van der Waals surface area contributed by atoms with E-state index in [1.807, 2.05) is 0 Å². The average molecular weight is 241 g/mol. The van der Waals surface area contributed by atoms with Crippen molar-refractivity contribution in [3.8, 4) is 0 Å². The van der Waals surface area contributed by atoms with Crippen molar-refractivity contribution in [1.29, 1.82) is 0 Å². The number of benzene rings is 1. The second-order valence-corrected chi connectivity index (χ2v) is 3.37. The van der Waals surface area contributed by atoms with E-state index in [2.05, 4.69) is 15.9 Å². The Morgan fingerprint density at radius 1 is 1.50 bits per heavy atom. The Kier molecular flexibility index (Phi) is 5.58. The molecule has 2 N–H and O–H groups in total. The van der Waals surface area contributed by atoms with Gasteiger partial charge in [-0.15, -0.1) is 9.32 Å². The lowest BCUT2D eigenvalue weighted by molar-refractivity contribution is -0.195. The highest BCUT2D eigenvalue weighted by Crippen LogP contribution is 2.23. The van der Waals surface area contributed by atoms with Gasteiger partial charge in [0, 0.05) is 0 Å². The molecule has 1 aromatic carbocycles. The standard InChI is InChI=1S/C10H11NO4S/c1-2-7-13-10(12)8-5-3-4-6-9(8)16-15-14-11/h2-6H,1,7,11H2. The van der Waals surface area contributed by atoms with Crippen molar-refractivity contribution in [2.75, 3.05) is 6.61 Å². The topological polar surface area (TPSA) is 70.8 Å². The summed E-state index contributed by atoms with van der Waals surface area (Å²) < 4.78 is 9.38. The predicted octanol–water partition coefficient (Wildman–Crippen LogP) is 1.86. The molecule has 0 amide bonds. The van der Waals surface area contributed by atoms with E-state index in [-0.39, 0.29) is 6.61 Å². The summed E-state index contributed by atoms with van der Waals surface area (Å²) in [5, 5.41) is 0. The maximum atomic E-state index is 11.6. The fraction of sp³-hybridized carbons (Fsp3) is 0.100. The minimum atomic E-state index is -0.455. The zero-order valence-electron chi connectivity index (χ0n) is 8.42. The van der Waals surface area contributed by atoms with Crippen molar-refractivity contribution >= 4 is 18.0 Å². The van der Waals surface area contributed by atoms with Crippen molar-refractivity contribution in [1.82, 2.24) is 0 Å². The molecule has 6 heteroatoms. The van der Waals surface area contributed by atoms with Gasteiger partial charge in [0.25, 0.3) is 0 Å². The fourth-order valence-corrected chi connectivity index (χ4v) is 1.46. The summed E-state index contributed by atoms with van der Waals surface area (Å²) in [6.45, 7) is 3.61. The highest BCUT2D eigenvalue weighted by molar-refractivity contribution is 7.94. The van der Waals surface area contributed by atoms with Gasteiger partial charge in [-0.25, -0.2) is 4.79 Å². The maximum absolute atomic E-state index is 11.6. The van der Waals surface area contributed by atoms with Gasteiger partial charge in [0.15, 0.2) is 0 Å². The molecule has 0 radical (unpaired) electrons. The molecule has 1 aromatic rings. The smallest absolute Gasteiger partial charge is 0.339 e. The summed E-state index contributed by atoms with van der Waals surface area (Å²) in [6, 6.07) is 6.78. The highest BCUT2D eigenvalue weighted by Gasteiger charge is 2.12. The minimum absolute atomic E-state index is 0.159. The fourth-order valence-electron chi connectivity index (χ4n) is 0.977. The van der Waals surface area contributed by atoms with Crippen LogP contribution >= 0.6 is 12.0 Å². The van der Waals surface area contributed by atoms with Crippen LogP contribution in [0.5, 0.6) is 0 Å². The molecule has 0 fully saturated rings. The first-order valence-corrected chi connectivity index (χ1v) is 5.11. The van der Waals surface area contributed by atoms with Gasteiger partial charge < -0.3 is 4.74 Å². The van der Waals surface area contributed by atoms with Gasteiger partial charge in [0.1, 0.15) is 6.61 Å². The number of rotatable bonds is 6. The maximum Gasteiger partial charge on any atom is 0.339 e. The van der Waals surface area contributed by atoms with E-state index in [4.69, 9.17) is 10.6 Å². The van der Waals surface area contributed by atoms with Gasteiger partial charge in [-0.05, 0) is 12.1 Å². The van der Waals surface area contributed by atoms with Gasteiger partial charge in [0.05, 0.1) is 22.5 Å². The molecule has 0 saturated carbocycles. The van der Waals surface area contributed by atoms with Crippen molar-refractivity contribution in [2.24, 2.45) is 5.90 Å². The van der Waals surface area contributed by atoms with Crippen LogP contribution in [0.1, 0.15) is 10.4 Å². The van der Waals surface area contributed by atoms with E-state index in [1.165, 1.54) is 6.08 Å². The third kappa shape index (κ3) is 3.67. The van der Waals surface area contributed by atoms with Crippen molar-refractivity contribution in [2.45, 2.75) is 4.90 Å². The lowest BCUT2D eigenvalue weighted by Crippen LogP contribution is -2.06. The second-order valence-electron chi connectivity index (χ2n) is 2.63. The van der Waals surface area contributed by atoms with Crippen LogP contribution in [-0.4, -0.2) is 12.6 Å². The van der Waals surface area contributed by atoms with Crippen LogP contribution in [0, 0.1) is 0 Å². The van der Waals surface area contributed by atoms with Gasteiger partial charge in [-0.2, -0.15) is 5.90 Å². The first kappa shape index (κ1) is 12.7. The lowest BCUT2D eigenvalue weighted by Gasteiger charge is -2.06. The van der Waals surface area contributed by atoms with Crippen LogP contribution < -0.4 is 5.90 Å². The van der Waals surface area contributed by atoms with Gasteiger partial charge in [-0.1, -0.05) is 24.8 Å². The van der Waals surface area contributed by atoms with Gasteiger partial charge in [0.2, 0.25) is 0 Å². The lowest BCUT2D eigenvalue weighted by atomic mass is 10.2. The number of carbonyl (C=O) groups is 1. The molecule has 5 nitrogen and oxygen atoms in total. The van der Waals surface area contributed by atoms with Crippen LogP contribution in [-0.2, 0) is 14.1 Å². The number of ether oxygens (including phenoxy) is 1. The number of hydrogen-bond donors (Lipinski definition) is 1.